The Kier molecular flexibility index (Phi) is 14.3. The Hall–Kier alpha value is -3.69. The van der Waals surface area contributed by atoms with Gasteiger partial charge < -0.3 is 20.6 Å². The van der Waals surface area contributed by atoms with Gasteiger partial charge in [0.1, 0.15) is 0 Å². The maximum absolute atomic E-state index is 13.4. The topological polar surface area (TPSA) is 81.7 Å². The van der Waals surface area contributed by atoms with Crippen molar-refractivity contribution in [2.45, 2.75) is 89.5 Å². The van der Waals surface area contributed by atoms with E-state index in [1.54, 1.807) is 0 Å². The van der Waals surface area contributed by atoms with Gasteiger partial charge in [-0.1, -0.05) is 111 Å². The van der Waals surface area contributed by atoms with Crippen molar-refractivity contribution in [2.24, 2.45) is 5.92 Å². The molecule has 6 nitrogen and oxygen atoms in total. The maximum Gasteiger partial charge on any atom is 0.490 e. The van der Waals surface area contributed by atoms with Crippen LogP contribution >= 0.6 is 0 Å². The van der Waals surface area contributed by atoms with Gasteiger partial charge in [-0.15, -0.1) is 0 Å². The van der Waals surface area contributed by atoms with Crippen molar-refractivity contribution in [3.63, 3.8) is 0 Å². The molecule has 1 saturated heterocycles. The Morgan fingerprint density at radius 1 is 0.809 bits per heavy atom. The lowest BCUT2D eigenvalue weighted by Gasteiger charge is -2.31. The molecule has 0 aromatic heterocycles. The van der Waals surface area contributed by atoms with Crippen molar-refractivity contribution in [3.8, 4) is 11.1 Å². The monoisotopic (exact) mass is 651 g/mol. The van der Waals surface area contributed by atoms with Crippen LogP contribution in [0.5, 0.6) is 0 Å². The van der Waals surface area contributed by atoms with E-state index in [0.29, 0.717) is 24.9 Å². The molecule has 0 spiro atoms. The average Bonchev–Trinajstić information content (AvgIpc) is 3.61. The zero-order valence-electron chi connectivity index (χ0n) is 27.1. The molecule has 0 radical (unpaired) electrons. The molecular formula is C38H48F3N3O3. The van der Waals surface area contributed by atoms with E-state index in [4.69, 9.17) is 9.90 Å². The standard InChI is InChI=1S/C36H47N3O.C2HF3O2/c40-36(22-17-29-10-4-5-11-29)39(28-35-12-6-7-24-38-35)27-32-15-20-34(21-16-32)33-18-13-31(14-19-33)26-37-25-23-30-8-2-1-3-9-30;3-2(4,5)1(6)7/h1-3,8-9,13-16,18-21,29,35,37-38H,4-7,10-12,17,22-28H2;(H,6,7). The summed E-state index contributed by atoms with van der Waals surface area (Å²) in [5, 5.41) is 14.3. The predicted octanol–water partition coefficient (Wildman–Crippen LogP) is 7.76. The number of benzene rings is 3. The number of aliphatic carboxylic acids is 1. The number of hydrogen-bond donors (Lipinski definition) is 3. The molecule has 2 fully saturated rings. The SMILES string of the molecule is O=C(CCC1CCCC1)N(Cc1ccc(-c2ccc(CNCCc3ccccc3)cc2)cc1)CC1CCCCN1.O=C(O)C(F)(F)F. The first-order valence-electron chi connectivity index (χ1n) is 16.9. The molecule has 1 aliphatic heterocycles. The molecule has 1 aliphatic carbocycles. The number of alkyl halides is 3. The largest absolute Gasteiger partial charge is 0.490 e. The van der Waals surface area contributed by atoms with Crippen LogP contribution in [0.3, 0.4) is 0 Å². The second kappa shape index (κ2) is 18.6. The molecule has 2 aliphatic rings. The van der Waals surface area contributed by atoms with E-state index in [-0.39, 0.29) is 0 Å². The summed E-state index contributed by atoms with van der Waals surface area (Å²) < 4.78 is 31.7. The van der Waals surface area contributed by atoms with Gasteiger partial charge in [-0.25, -0.2) is 4.79 Å². The molecule has 1 amide bonds. The Morgan fingerprint density at radius 3 is 1.98 bits per heavy atom. The van der Waals surface area contributed by atoms with Gasteiger partial charge in [-0.3, -0.25) is 4.79 Å². The molecule has 47 heavy (non-hydrogen) atoms. The van der Waals surface area contributed by atoms with Crippen molar-refractivity contribution in [2.75, 3.05) is 19.6 Å². The first-order chi connectivity index (χ1) is 22.7. The second-order valence-corrected chi connectivity index (χ2v) is 12.7. The van der Waals surface area contributed by atoms with Crippen LogP contribution in [0.1, 0.15) is 74.5 Å². The van der Waals surface area contributed by atoms with E-state index < -0.39 is 12.1 Å². The summed E-state index contributed by atoms with van der Waals surface area (Å²) in [7, 11) is 0. The van der Waals surface area contributed by atoms with Crippen LogP contribution in [0.4, 0.5) is 13.2 Å². The zero-order valence-corrected chi connectivity index (χ0v) is 27.1. The first-order valence-corrected chi connectivity index (χ1v) is 16.9. The van der Waals surface area contributed by atoms with Gasteiger partial charge in [0.05, 0.1) is 0 Å². The highest BCUT2D eigenvalue weighted by atomic mass is 19.4. The number of carboxylic acids is 1. The van der Waals surface area contributed by atoms with Crippen molar-refractivity contribution >= 4 is 11.9 Å². The van der Waals surface area contributed by atoms with Crippen LogP contribution in [0.15, 0.2) is 78.9 Å². The third kappa shape index (κ3) is 12.8. The van der Waals surface area contributed by atoms with Gasteiger partial charge in [0, 0.05) is 32.1 Å². The minimum Gasteiger partial charge on any atom is -0.475 e. The third-order valence-electron chi connectivity index (χ3n) is 9.07. The molecule has 1 saturated carbocycles. The predicted molar refractivity (Wildman–Crippen MR) is 180 cm³/mol. The Morgan fingerprint density at radius 2 is 1.40 bits per heavy atom. The van der Waals surface area contributed by atoms with E-state index in [0.717, 1.165) is 44.9 Å². The number of rotatable bonds is 13. The first kappa shape index (κ1) is 36.2. The summed E-state index contributed by atoms with van der Waals surface area (Å²) >= 11 is 0. The number of piperidine rings is 1. The van der Waals surface area contributed by atoms with Crippen molar-refractivity contribution in [3.05, 3.63) is 95.6 Å². The van der Waals surface area contributed by atoms with E-state index in [1.165, 1.54) is 72.8 Å². The molecule has 9 heteroatoms. The normalized spacial score (nSPS) is 16.7. The molecule has 3 aromatic rings. The lowest BCUT2D eigenvalue weighted by molar-refractivity contribution is -0.192. The highest BCUT2D eigenvalue weighted by molar-refractivity contribution is 5.76. The van der Waals surface area contributed by atoms with E-state index in [1.807, 2.05) is 0 Å². The molecule has 3 N–H and O–H groups in total. The van der Waals surface area contributed by atoms with Crippen LogP contribution < -0.4 is 10.6 Å². The number of halogens is 3. The van der Waals surface area contributed by atoms with Crippen LogP contribution in [-0.4, -0.2) is 53.7 Å². The van der Waals surface area contributed by atoms with Gasteiger partial charge in [-0.2, -0.15) is 13.2 Å². The Bertz CT molecular complexity index is 1350. The summed E-state index contributed by atoms with van der Waals surface area (Å²) in [5.74, 6) is -1.67. The van der Waals surface area contributed by atoms with Gasteiger partial charge in [0.15, 0.2) is 0 Å². The quantitative estimate of drug-likeness (QED) is 0.165. The van der Waals surface area contributed by atoms with Crippen molar-refractivity contribution < 1.29 is 27.9 Å². The lowest BCUT2D eigenvalue weighted by atomic mass is 10.00. The number of hydrogen-bond acceptors (Lipinski definition) is 4. The van der Waals surface area contributed by atoms with Crippen LogP contribution in [-0.2, 0) is 29.1 Å². The van der Waals surface area contributed by atoms with E-state index >= 15 is 0 Å². The lowest BCUT2D eigenvalue weighted by Crippen LogP contribution is -2.45. The Labute approximate surface area is 276 Å². The van der Waals surface area contributed by atoms with E-state index in [9.17, 15) is 18.0 Å². The molecule has 1 atom stereocenters. The smallest absolute Gasteiger partial charge is 0.475 e. The van der Waals surface area contributed by atoms with Gasteiger partial charge in [-0.05, 0) is 72.5 Å². The average molecular weight is 652 g/mol. The molecule has 1 heterocycles. The number of carbonyl (C=O) groups excluding carboxylic acids is 1. The summed E-state index contributed by atoms with van der Waals surface area (Å²) in [5.41, 5.74) is 6.34. The second-order valence-electron chi connectivity index (χ2n) is 12.7. The fourth-order valence-corrected chi connectivity index (χ4v) is 6.33. The summed E-state index contributed by atoms with van der Waals surface area (Å²) in [4.78, 5) is 24.4. The summed E-state index contributed by atoms with van der Waals surface area (Å²) in [6.45, 7) is 4.46. The highest BCUT2D eigenvalue weighted by Gasteiger charge is 2.38. The van der Waals surface area contributed by atoms with Crippen LogP contribution in [0, 0.1) is 5.92 Å². The maximum atomic E-state index is 13.4. The third-order valence-corrected chi connectivity index (χ3v) is 9.07. The highest BCUT2D eigenvalue weighted by Crippen LogP contribution is 2.29. The number of nitrogens with zero attached hydrogens (tertiary/aromatic N) is 1. The fraction of sp³-hybridized carbons (Fsp3) is 0.474. The Balaban J connectivity index is 0.000000644. The number of carboxylic acid groups (broad SMARTS) is 1. The van der Waals surface area contributed by atoms with Crippen molar-refractivity contribution in [1.29, 1.82) is 0 Å². The number of amides is 1. The molecule has 5 rings (SSSR count). The zero-order chi connectivity index (χ0) is 33.5. The molecule has 254 valence electrons. The number of carbonyl (C=O) groups is 2. The fourth-order valence-electron chi connectivity index (χ4n) is 6.33. The van der Waals surface area contributed by atoms with Gasteiger partial charge >= 0.3 is 12.1 Å². The van der Waals surface area contributed by atoms with Gasteiger partial charge in [0.2, 0.25) is 5.91 Å². The van der Waals surface area contributed by atoms with E-state index in [2.05, 4.69) is 94.4 Å². The minimum atomic E-state index is -5.08. The minimum absolute atomic E-state index is 0.330. The van der Waals surface area contributed by atoms with Crippen LogP contribution in [0.25, 0.3) is 11.1 Å². The summed E-state index contributed by atoms with van der Waals surface area (Å²) in [6, 6.07) is 28.8. The molecule has 0 bridgehead atoms. The molecule has 3 aromatic carbocycles. The molecular weight excluding hydrogens is 603 g/mol. The van der Waals surface area contributed by atoms with Gasteiger partial charge in [0.25, 0.3) is 0 Å². The van der Waals surface area contributed by atoms with Crippen molar-refractivity contribution in [1.82, 2.24) is 15.5 Å². The number of nitrogens with one attached hydrogen (secondary N) is 2. The summed E-state index contributed by atoms with van der Waals surface area (Å²) in [6.07, 6.45) is 6.71. The van der Waals surface area contributed by atoms with Crippen LogP contribution in [0.2, 0.25) is 0 Å². The molecule has 1 unspecified atom stereocenters.